The van der Waals surface area contributed by atoms with Crippen LogP contribution in [0.3, 0.4) is 0 Å². The Kier molecular flexibility index (Phi) is 5.50. The van der Waals surface area contributed by atoms with E-state index >= 15 is 0 Å². The van der Waals surface area contributed by atoms with E-state index in [0.29, 0.717) is 46.7 Å². The maximum Gasteiger partial charge on any atom is 0.270 e. The first kappa shape index (κ1) is 20.4. The molecule has 0 amide bonds. The topological polar surface area (TPSA) is 85.4 Å². The van der Waals surface area contributed by atoms with Crippen molar-refractivity contribution in [2.45, 2.75) is 13.5 Å². The molecular formula is C22H22BrN5O2. The molecule has 8 heteroatoms. The molecule has 1 aliphatic rings. The summed E-state index contributed by atoms with van der Waals surface area (Å²) < 4.78 is 2.14. The molecule has 4 rings (SSSR count). The maximum atomic E-state index is 12.8. The molecule has 1 N–H and O–H groups in total. The van der Waals surface area contributed by atoms with Crippen molar-refractivity contribution in [1.29, 1.82) is 5.26 Å². The predicted octanol–water partition coefficient (Wildman–Crippen LogP) is 2.90. The number of fused-ring (bicyclic) bond motifs is 1. The Bertz CT molecular complexity index is 1220. The highest BCUT2D eigenvalue weighted by molar-refractivity contribution is 9.10. The number of phenols is 1. The number of benzene rings is 1. The molecular weight excluding hydrogens is 446 g/mol. The molecule has 0 atom stereocenters. The minimum atomic E-state index is -0.309. The molecule has 154 valence electrons. The summed E-state index contributed by atoms with van der Waals surface area (Å²) in [5.41, 5.74) is 3.70. The third kappa shape index (κ3) is 3.66. The van der Waals surface area contributed by atoms with Gasteiger partial charge in [0, 0.05) is 45.3 Å². The van der Waals surface area contributed by atoms with Crippen LogP contribution < -0.4 is 10.5 Å². The summed E-state index contributed by atoms with van der Waals surface area (Å²) >= 11 is 3.41. The van der Waals surface area contributed by atoms with Gasteiger partial charge in [0.05, 0.1) is 11.2 Å². The Balaban J connectivity index is 1.63. The minimum Gasteiger partial charge on any atom is -0.508 e. The van der Waals surface area contributed by atoms with E-state index in [2.05, 4.69) is 36.8 Å². The lowest BCUT2D eigenvalue weighted by molar-refractivity contribution is 0.247. The molecule has 0 bridgehead atoms. The van der Waals surface area contributed by atoms with Crippen LogP contribution in [0.4, 0.5) is 5.69 Å². The number of anilines is 1. The first-order valence-corrected chi connectivity index (χ1v) is 10.5. The van der Waals surface area contributed by atoms with Crippen molar-refractivity contribution < 1.29 is 5.11 Å². The van der Waals surface area contributed by atoms with Gasteiger partial charge in [-0.25, -0.2) is 4.98 Å². The van der Waals surface area contributed by atoms with Crippen LogP contribution in [0.5, 0.6) is 5.75 Å². The lowest BCUT2D eigenvalue weighted by Crippen LogP contribution is -2.47. The van der Waals surface area contributed by atoms with Gasteiger partial charge in [0.1, 0.15) is 27.5 Å². The number of rotatable bonds is 3. The fourth-order valence-corrected chi connectivity index (χ4v) is 4.27. The molecule has 0 radical (unpaired) electrons. The third-order valence-electron chi connectivity index (χ3n) is 5.62. The summed E-state index contributed by atoms with van der Waals surface area (Å²) in [4.78, 5) is 21.7. The number of phenolic OH excluding ortho intramolecular Hbond substituents is 1. The minimum absolute atomic E-state index is 0.125. The molecule has 30 heavy (non-hydrogen) atoms. The monoisotopic (exact) mass is 467 g/mol. The van der Waals surface area contributed by atoms with E-state index in [1.807, 2.05) is 25.1 Å². The number of aryl methyl sites for hydroxylation is 2. The molecule has 1 aliphatic heterocycles. The summed E-state index contributed by atoms with van der Waals surface area (Å²) in [6, 6.07) is 11.5. The van der Waals surface area contributed by atoms with Gasteiger partial charge in [-0.3, -0.25) is 9.69 Å². The molecule has 3 aromatic rings. The molecule has 1 saturated heterocycles. The summed E-state index contributed by atoms with van der Waals surface area (Å²) in [7, 11) is 1.66. The van der Waals surface area contributed by atoms with Gasteiger partial charge in [0.15, 0.2) is 0 Å². The first-order chi connectivity index (χ1) is 14.4. The quantitative estimate of drug-likeness (QED) is 0.596. The number of pyridine rings is 2. The predicted molar refractivity (Wildman–Crippen MR) is 120 cm³/mol. The van der Waals surface area contributed by atoms with Gasteiger partial charge in [-0.15, -0.1) is 0 Å². The number of aromatic hydroxyl groups is 1. The Labute approximate surface area is 182 Å². The van der Waals surface area contributed by atoms with Crippen LogP contribution in [-0.2, 0) is 13.6 Å². The van der Waals surface area contributed by atoms with E-state index in [0.717, 1.165) is 24.2 Å². The van der Waals surface area contributed by atoms with E-state index in [-0.39, 0.29) is 11.1 Å². The van der Waals surface area contributed by atoms with Crippen LogP contribution >= 0.6 is 15.9 Å². The van der Waals surface area contributed by atoms with E-state index in [4.69, 9.17) is 0 Å². The normalized spacial score (nSPS) is 14.8. The van der Waals surface area contributed by atoms with Gasteiger partial charge in [-0.2, -0.15) is 5.26 Å². The summed E-state index contributed by atoms with van der Waals surface area (Å²) in [6.07, 6.45) is 0. The molecule has 1 fully saturated rings. The number of halogens is 1. The number of aromatic nitrogens is 2. The Hall–Kier alpha value is -2.89. The van der Waals surface area contributed by atoms with Crippen LogP contribution in [0, 0.1) is 18.3 Å². The van der Waals surface area contributed by atoms with E-state index in [1.165, 1.54) is 4.57 Å². The SMILES string of the molecule is Cc1ccc(CN2CCN(c3c(C#N)c(=O)n(C)c4ccc(Br)nc34)CC2)c(O)c1. The average molecular weight is 468 g/mol. The highest BCUT2D eigenvalue weighted by Crippen LogP contribution is 2.29. The van der Waals surface area contributed by atoms with E-state index in [9.17, 15) is 15.2 Å². The van der Waals surface area contributed by atoms with Crippen molar-refractivity contribution in [2.24, 2.45) is 7.05 Å². The largest absolute Gasteiger partial charge is 0.508 e. The second-order valence-electron chi connectivity index (χ2n) is 7.60. The second-order valence-corrected chi connectivity index (χ2v) is 8.41. The Morgan fingerprint density at radius 1 is 1.20 bits per heavy atom. The maximum absolute atomic E-state index is 12.8. The summed E-state index contributed by atoms with van der Waals surface area (Å²) in [5.74, 6) is 0.316. The number of nitriles is 1. The highest BCUT2D eigenvalue weighted by atomic mass is 79.9. The highest BCUT2D eigenvalue weighted by Gasteiger charge is 2.25. The van der Waals surface area contributed by atoms with Gasteiger partial charge < -0.3 is 14.6 Å². The molecule has 0 spiro atoms. The average Bonchev–Trinajstić information content (AvgIpc) is 2.73. The van der Waals surface area contributed by atoms with Crippen LogP contribution in [0.15, 0.2) is 39.7 Å². The van der Waals surface area contributed by atoms with Gasteiger partial charge in [-0.05, 0) is 46.6 Å². The van der Waals surface area contributed by atoms with Crippen LogP contribution in [0.1, 0.15) is 16.7 Å². The number of hydrogen-bond donors (Lipinski definition) is 1. The zero-order valence-electron chi connectivity index (χ0n) is 16.9. The zero-order valence-corrected chi connectivity index (χ0v) is 18.5. The van der Waals surface area contributed by atoms with Crippen LogP contribution in [0.25, 0.3) is 11.0 Å². The molecule has 7 nitrogen and oxygen atoms in total. The Morgan fingerprint density at radius 3 is 2.60 bits per heavy atom. The van der Waals surface area contributed by atoms with Crippen molar-refractivity contribution >= 4 is 32.7 Å². The second kappa shape index (κ2) is 8.09. The molecule has 0 aliphatic carbocycles. The molecule has 0 unspecified atom stereocenters. The van der Waals surface area contributed by atoms with Crippen molar-refractivity contribution in [3.63, 3.8) is 0 Å². The van der Waals surface area contributed by atoms with Gasteiger partial charge >= 0.3 is 0 Å². The Morgan fingerprint density at radius 2 is 1.93 bits per heavy atom. The molecule has 1 aromatic carbocycles. The van der Waals surface area contributed by atoms with Crippen molar-refractivity contribution in [3.05, 3.63) is 62.0 Å². The van der Waals surface area contributed by atoms with Crippen molar-refractivity contribution in [2.75, 3.05) is 31.1 Å². The number of piperazine rings is 1. The van der Waals surface area contributed by atoms with Gasteiger partial charge in [0.2, 0.25) is 0 Å². The third-order valence-corrected chi connectivity index (χ3v) is 6.06. The zero-order chi connectivity index (χ0) is 21.4. The fourth-order valence-electron chi connectivity index (χ4n) is 3.96. The summed E-state index contributed by atoms with van der Waals surface area (Å²) in [5, 5.41) is 19.9. The molecule has 3 heterocycles. The van der Waals surface area contributed by atoms with Gasteiger partial charge in [-0.1, -0.05) is 12.1 Å². The van der Waals surface area contributed by atoms with Crippen molar-refractivity contribution in [3.8, 4) is 11.8 Å². The smallest absolute Gasteiger partial charge is 0.270 e. The van der Waals surface area contributed by atoms with Crippen molar-refractivity contribution in [1.82, 2.24) is 14.5 Å². The molecule has 0 saturated carbocycles. The van der Waals surface area contributed by atoms with Crippen LogP contribution in [0.2, 0.25) is 0 Å². The lowest BCUT2D eigenvalue weighted by atomic mass is 10.1. The lowest BCUT2D eigenvalue weighted by Gasteiger charge is -2.36. The van der Waals surface area contributed by atoms with E-state index in [1.54, 1.807) is 19.2 Å². The standard InChI is InChI=1S/C22H22BrN5O2/c1-14-3-4-15(18(29)11-14)13-27-7-9-28(10-8-27)21-16(12-24)22(30)26(2)17-5-6-19(23)25-20(17)21/h3-6,11,29H,7-10,13H2,1-2H3. The number of nitrogens with zero attached hydrogens (tertiary/aromatic N) is 5. The van der Waals surface area contributed by atoms with E-state index < -0.39 is 0 Å². The molecule has 2 aromatic heterocycles. The fraction of sp³-hybridized carbons (Fsp3) is 0.318. The first-order valence-electron chi connectivity index (χ1n) is 9.74. The van der Waals surface area contributed by atoms with Crippen LogP contribution in [-0.4, -0.2) is 45.7 Å². The summed E-state index contributed by atoms with van der Waals surface area (Å²) in [6.45, 7) is 5.45. The van der Waals surface area contributed by atoms with Gasteiger partial charge in [0.25, 0.3) is 5.56 Å². The number of hydrogen-bond acceptors (Lipinski definition) is 6.